The summed E-state index contributed by atoms with van der Waals surface area (Å²) in [5, 5.41) is 3.52. The molecule has 0 N–H and O–H groups in total. The number of anilines is 1. The first kappa shape index (κ1) is 15.8. The Balaban J connectivity index is 2.24. The molecule has 8 heteroatoms. The maximum Gasteiger partial charge on any atom is 0.339 e. The van der Waals surface area contributed by atoms with E-state index in [1.54, 1.807) is 24.8 Å². The first-order chi connectivity index (χ1) is 10.6. The number of hydrogen-bond donors (Lipinski definition) is 0. The van der Waals surface area contributed by atoms with Gasteiger partial charge in [-0.25, -0.2) is 4.79 Å². The van der Waals surface area contributed by atoms with E-state index < -0.39 is 5.97 Å². The largest absolute Gasteiger partial charge is 0.462 e. The van der Waals surface area contributed by atoms with Gasteiger partial charge in [0.2, 0.25) is 5.91 Å². The van der Waals surface area contributed by atoms with Gasteiger partial charge < -0.3 is 9.64 Å². The van der Waals surface area contributed by atoms with Gasteiger partial charge in [-0.15, -0.1) is 0 Å². The highest BCUT2D eigenvalue weighted by Gasteiger charge is 2.31. The zero-order chi connectivity index (χ0) is 16.1. The molecule has 1 fully saturated rings. The van der Waals surface area contributed by atoms with Gasteiger partial charge in [0.1, 0.15) is 0 Å². The van der Waals surface area contributed by atoms with Crippen LogP contribution in [0.2, 0.25) is 0 Å². The number of ether oxygens (including phenoxy) is 1. The van der Waals surface area contributed by atoms with E-state index >= 15 is 0 Å². The highest BCUT2D eigenvalue weighted by molar-refractivity contribution is 5.98. The number of carbonyl (C=O) groups is 2. The van der Waals surface area contributed by atoms with Crippen molar-refractivity contribution in [3.63, 3.8) is 0 Å². The fourth-order valence-electron chi connectivity index (χ4n) is 2.41. The Kier molecular flexibility index (Phi) is 4.95. The molecule has 8 nitrogen and oxygen atoms in total. The topological polar surface area (TPSA) is 108 Å². The standard InChI is InChI=1S/C14H17N5O3/c1-3-22-14(21)11-5-12(9(2)16-7-11)19-8-10(4-13(19)20)6-17-18-15/h5,7,10H,3-4,6,8H2,1-2H3. The quantitative estimate of drug-likeness (QED) is 0.359. The summed E-state index contributed by atoms with van der Waals surface area (Å²) in [6.07, 6.45) is 1.76. The molecule has 1 aliphatic rings. The van der Waals surface area contributed by atoms with Crippen molar-refractivity contribution in [2.45, 2.75) is 20.3 Å². The van der Waals surface area contributed by atoms with Crippen LogP contribution in [0.25, 0.3) is 10.4 Å². The Labute approximate surface area is 127 Å². The molecule has 0 saturated carbocycles. The van der Waals surface area contributed by atoms with E-state index in [1.807, 2.05) is 0 Å². The van der Waals surface area contributed by atoms with E-state index in [9.17, 15) is 9.59 Å². The zero-order valence-electron chi connectivity index (χ0n) is 12.5. The lowest BCUT2D eigenvalue weighted by Gasteiger charge is -2.19. The highest BCUT2D eigenvalue weighted by Crippen LogP contribution is 2.28. The number of azide groups is 1. The van der Waals surface area contributed by atoms with Gasteiger partial charge >= 0.3 is 5.97 Å². The van der Waals surface area contributed by atoms with Crippen molar-refractivity contribution in [3.8, 4) is 0 Å². The molecular weight excluding hydrogens is 286 g/mol. The fraction of sp³-hybridized carbons (Fsp3) is 0.500. The van der Waals surface area contributed by atoms with Crippen LogP contribution in [0, 0.1) is 12.8 Å². The van der Waals surface area contributed by atoms with E-state index in [1.165, 1.54) is 6.20 Å². The van der Waals surface area contributed by atoms with Gasteiger partial charge in [-0.05, 0) is 31.4 Å². The van der Waals surface area contributed by atoms with Crippen molar-refractivity contribution in [2.75, 3.05) is 24.6 Å². The van der Waals surface area contributed by atoms with Crippen LogP contribution in [0.1, 0.15) is 29.4 Å². The summed E-state index contributed by atoms with van der Waals surface area (Å²) in [6.45, 7) is 4.51. The van der Waals surface area contributed by atoms with Gasteiger partial charge in [-0.1, -0.05) is 5.11 Å². The van der Waals surface area contributed by atoms with Crippen LogP contribution in [-0.4, -0.2) is 36.6 Å². The molecule has 1 saturated heterocycles. The third kappa shape index (κ3) is 3.35. The molecule has 0 radical (unpaired) electrons. The predicted octanol–water partition coefficient (Wildman–Crippen LogP) is 2.23. The van der Waals surface area contributed by atoms with Crippen LogP contribution >= 0.6 is 0 Å². The number of rotatable bonds is 5. The van der Waals surface area contributed by atoms with Crippen molar-refractivity contribution >= 4 is 17.6 Å². The SMILES string of the molecule is CCOC(=O)c1cnc(C)c(N2CC(CN=[N+]=[N-])CC2=O)c1. The molecule has 1 aliphatic heterocycles. The molecule has 0 aliphatic carbocycles. The molecule has 1 aromatic rings. The highest BCUT2D eigenvalue weighted by atomic mass is 16.5. The van der Waals surface area contributed by atoms with E-state index in [-0.39, 0.29) is 25.0 Å². The van der Waals surface area contributed by atoms with Gasteiger partial charge in [-0.2, -0.15) is 0 Å². The second-order valence-electron chi connectivity index (χ2n) is 5.04. The molecule has 116 valence electrons. The average Bonchev–Trinajstić information content (AvgIpc) is 2.86. The minimum atomic E-state index is -0.464. The zero-order valence-corrected chi connectivity index (χ0v) is 12.5. The monoisotopic (exact) mass is 303 g/mol. The number of aryl methyl sites for hydroxylation is 1. The number of pyridine rings is 1. The minimum Gasteiger partial charge on any atom is -0.462 e. The molecule has 1 aromatic heterocycles. The maximum atomic E-state index is 12.2. The molecule has 1 atom stereocenters. The average molecular weight is 303 g/mol. The van der Waals surface area contributed by atoms with Gasteiger partial charge in [-0.3, -0.25) is 9.78 Å². The Morgan fingerprint density at radius 1 is 1.64 bits per heavy atom. The molecule has 22 heavy (non-hydrogen) atoms. The molecule has 0 aromatic carbocycles. The number of hydrogen-bond acceptors (Lipinski definition) is 5. The molecular formula is C14H17N5O3. The smallest absolute Gasteiger partial charge is 0.339 e. The van der Waals surface area contributed by atoms with E-state index in [0.717, 1.165) is 0 Å². The second-order valence-corrected chi connectivity index (χ2v) is 5.04. The van der Waals surface area contributed by atoms with Crippen molar-refractivity contribution in [1.82, 2.24) is 4.98 Å². The summed E-state index contributed by atoms with van der Waals surface area (Å²) in [5.41, 5.74) is 9.93. The summed E-state index contributed by atoms with van der Waals surface area (Å²) in [6, 6.07) is 1.62. The maximum absolute atomic E-state index is 12.2. The van der Waals surface area contributed by atoms with E-state index in [0.29, 0.717) is 29.9 Å². The van der Waals surface area contributed by atoms with E-state index in [4.69, 9.17) is 10.3 Å². The Bertz CT molecular complexity index is 639. The number of nitrogens with zero attached hydrogens (tertiary/aromatic N) is 5. The molecule has 1 unspecified atom stereocenters. The van der Waals surface area contributed by atoms with Crippen molar-refractivity contribution in [1.29, 1.82) is 0 Å². The van der Waals surface area contributed by atoms with Crippen LogP contribution in [0.5, 0.6) is 0 Å². The molecule has 0 bridgehead atoms. The second kappa shape index (κ2) is 6.91. The third-order valence-corrected chi connectivity index (χ3v) is 3.47. The first-order valence-corrected chi connectivity index (χ1v) is 7.01. The number of carbonyl (C=O) groups excluding carboxylic acids is 2. The lowest BCUT2D eigenvalue weighted by atomic mass is 10.1. The van der Waals surface area contributed by atoms with Gasteiger partial charge in [0, 0.05) is 30.6 Å². The van der Waals surface area contributed by atoms with Crippen LogP contribution in [0.3, 0.4) is 0 Å². The summed E-state index contributed by atoms with van der Waals surface area (Å²) in [4.78, 5) is 32.4. The van der Waals surface area contributed by atoms with Gasteiger partial charge in [0.15, 0.2) is 0 Å². The lowest BCUT2D eigenvalue weighted by Crippen LogP contribution is -2.26. The predicted molar refractivity (Wildman–Crippen MR) is 79.4 cm³/mol. The first-order valence-electron chi connectivity index (χ1n) is 7.01. The molecule has 1 amide bonds. The van der Waals surface area contributed by atoms with Gasteiger partial charge in [0.25, 0.3) is 0 Å². The van der Waals surface area contributed by atoms with Crippen LogP contribution in [0.15, 0.2) is 17.4 Å². The summed E-state index contributed by atoms with van der Waals surface area (Å²) in [7, 11) is 0. The summed E-state index contributed by atoms with van der Waals surface area (Å²) in [5.74, 6) is -0.549. The molecule has 0 spiro atoms. The number of aromatic nitrogens is 1. The summed E-state index contributed by atoms with van der Waals surface area (Å²) >= 11 is 0. The van der Waals surface area contributed by atoms with Crippen molar-refractivity contribution in [3.05, 3.63) is 34.0 Å². The van der Waals surface area contributed by atoms with Crippen LogP contribution < -0.4 is 4.90 Å². The number of esters is 1. The molecule has 2 heterocycles. The molecule has 2 rings (SSSR count). The summed E-state index contributed by atoms with van der Waals surface area (Å²) < 4.78 is 4.95. The Morgan fingerprint density at radius 2 is 2.41 bits per heavy atom. The minimum absolute atomic E-state index is 0.0194. The third-order valence-electron chi connectivity index (χ3n) is 3.47. The van der Waals surface area contributed by atoms with Crippen LogP contribution in [0.4, 0.5) is 5.69 Å². The fourth-order valence-corrected chi connectivity index (χ4v) is 2.41. The Morgan fingerprint density at radius 3 is 3.09 bits per heavy atom. The Hall–Kier alpha value is -2.60. The van der Waals surface area contributed by atoms with Crippen molar-refractivity contribution < 1.29 is 14.3 Å². The van der Waals surface area contributed by atoms with Crippen LogP contribution in [-0.2, 0) is 9.53 Å². The lowest BCUT2D eigenvalue weighted by molar-refractivity contribution is -0.117. The van der Waals surface area contributed by atoms with Crippen molar-refractivity contribution in [2.24, 2.45) is 11.0 Å². The number of amides is 1. The normalized spacial score (nSPS) is 17.3. The van der Waals surface area contributed by atoms with E-state index in [2.05, 4.69) is 15.0 Å². The van der Waals surface area contributed by atoms with Gasteiger partial charge in [0.05, 0.1) is 23.6 Å².